The van der Waals surface area contributed by atoms with E-state index in [0.717, 1.165) is 39.6 Å². The van der Waals surface area contributed by atoms with Crippen molar-refractivity contribution in [2.45, 2.75) is 6.54 Å². The number of hydrogen-bond acceptors (Lipinski definition) is 2. The van der Waals surface area contributed by atoms with Gasteiger partial charge in [-0.1, -0.05) is 54.6 Å². The zero-order valence-electron chi connectivity index (χ0n) is 15.1. The highest BCUT2D eigenvalue weighted by molar-refractivity contribution is 6.09. The lowest BCUT2D eigenvalue weighted by Gasteiger charge is -2.09. The molecular weight excluding hydrogens is 338 g/mol. The van der Waals surface area contributed by atoms with E-state index in [9.17, 15) is 4.79 Å². The SMILES string of the molecule is COCCn1cc(NC(=O)Nc2cccc3ccccc23)c2ccccc21. The molecule has 5 nitrogen and oxygen atoms in total. The van der Waals surface area contributed by atoms with Crippen LogP contribution < -0.4 is 10.6 Å². The fraction of sp³-hybridized carbons (Fsp3) is 0.136. The number of para-hydroxylation sites is 1. The summed E-state index contributed by atoms with van der Waals surface area (Å²) in [5, 5.41) is 9.05. The summed E-state index contributed by atoms with van der Waals surface area (Å²) < 4.78 is 7.27. The molecule has 5 heteroatoms. The molecular formula is C22H21N3O2. The topological polar surface area (TPSA) is 55.3 Å². The summed E-state index contributed by atoms with van der Waals surface area (Å²) in [7, 11) is 1.68. The zero-order chi connectivity index (χ0) is 18.6. The molecule has 136 valence electrons. The van der Waals surface area contributed by atoms with Gasteiger partial charge in [0, 0.05) is 30.6 Å². The van der Waals surface area contributed by atoms with Crippen molar-refractivity contribution < 1.29 is 9.53 Å². The largest absolute Gasteiger partial charge is 0.383 e. The van der Waals surface area contributed by atoms with Crippen LogP contribution in [0.25, 0.3) is 21.7 Å². The Morgan fingerprint density at radius 2 is 1.59 bits per heavy atom. The van der Waals surface area contributed by atoms with E-state index >= 15 is 0 Å². The maximum Gasteiger partial charge on any atom is 0.323 e. The number of nitrogens with zero attached hydrogens (tertiary/aromatic N) is 1. The standard InChI is InChI=1S/C22H21N3O2/c1-27-14-13-25-15-20(18-10-4-5-12-21(18)25)24-22(26)23-19-11-6-8-16-7-2-3-9-17(16)19/h2-12,15H,13-14H2,1H3,(H2,23,24,26). The maximum atomic E-state index is 12.6. The van der Waals surface area contributed by atoms with Crippen molar-refractivity contribution in [2.75, 3.05) is 24.4 Å². The van der Waals surface area contributed by atoms with Gasteiger partial charge in [-0.3, -0.25) is 0 Å². The molecule has 4 aromatic rings. The van der Waals surface area contributed by atoms with Gasteiger partial charge < -0.3 is 19.9 Å². The van der Waals surface area contributed by atoms with Crippen LogP contribution in [0.4, 0.5) is 16.2 Å². The highest BCUT2D eigenvalue weighted by atomic mass is 16.5. The first-order chi connectivity index (χ1) is 13.3. The number of aromatic nitrogens is 1. The highest BCUT2D eigenvalue weighted by Crippen LogP contribution is 2.27. The fourth-order valence-electron chi connectivity index (χ4n) is 3.33. The quantitative estimate of drug-likeness (QED) is 0.522. The highest BCUT2D eigenvalue weighted by Gasteiger charge is 2.11. The Bertz CT molecular complexity index is 1100. The van der Waals surface area contributed by atoms with E-state index in [0.29, 0.717) is 6.61 Å². The molecule has 0 saturated heterocycles. The molecule has 0 aliphatic heterocycles. The molecule has 4 rings (SSSR count). The summed E-state index contributed by atoms with van der Waals surface area (Å²) >= 11 is 0. The summed E-state index contributed by atoms with van der Waals surface area (Å²) in [5.74, 6) is 0. The molecule has 0 aliphatic carbocycles. The molecule has 27 heavy (non-hydrogen) atoms. The molecule has 0 saturated carbocycles. The first kappa shape index (κ1) is 17.1. The molecule has 0 spiro atoms. The molecule has 2 amide bonds. The van der Waals surface area contributed by atoms with E-state index in [2.05, 4.69) is 15.2 Å². The number of anilines is 2. The van der Waals surface area contributed by atoms with E-state index in [4.69, 9.17) is 4.74 Å². The number of carbonyl (C=O) groups is 1. The lowest BCUT2D eigenvalue weighted by atomic mass is 10.1. The number of rotatable bonds is 5. The Balaban J connectivity index is 1.59. The number of carbonyl (C=O) groups excluding carboxylic acids is 1. The predicted molar refractivity (Wildman–Crippen MR) is 110 cm³/mol. The van der Waals surface area contributed by atoms with Gasteiger partial charge >= 0.3 is 6.03 Å². The van der Waals surface area contributed by atoms with Crippen LogP contribution in [0, 0.1) is 0 Å². The Hall–Kier alpha value is -3.31. The van der Waals surface area contributed by atoms with Crippen LogP contribution in [0.5, 0.6) is 0 Å². The van der Waals surface area contributed by atoms with Crippen LogP contribution in [0.15, 0.2) is 72.9 Å². The van der Waals surface area contributed by atoms with E-state index in [1.165, 1.54) is 0 Å². The molecule has 1 aromatic heterocycles. The number of fused-ring (bicyclic) bond motifs is 2. The number of methoxy groups -OCH3 is 1. The predicted octanol–water partition coefficient (Wildman–Crippen LogP) is 5.08. The van der Waals surface area contributed by atoms with E-state index < -0.39 is 0 Å². The maximum absolute atomic E-state index is 12.6. The van der Waals surface area contributed by atoms with Gasteiger partial charge in [0.05, 0.1) is 23.5 Å². The Morgan fingerprint density at radius 1 is 0.889 bits per heavy atom. The molecule has 0 unspecified atom stereocenters. The zero-order valence-corrected chi connectivity index (χ0v) is 15.1. The van der Waals surface area contributed by atoms with Crippen molar-refractivity contribution in [1.82, 2.24) is 4.57 Å². The molecule has 0 radical (unpaired) electrons. The average molecular weight is 359 g/mol. The minimum Gasteiger partial charge on any atom is -0.383 e. The minimum absolute atomic E-state index is 0.263. The summed E-state index contributed by atoms with van der Waals surface area (Å²) in [4.78, 5) is 12.6. The summed E-state index contributed by atoms with van der Waals surface area (Å²) in [6, 6.07) is 21.6. The first-order valence-corrected chi connectivity index (χ1v) is 8.89. The van der Waals surface area contributed by atoms with Gasteiger partial charge in [-0.25, -0.2) is 4.79 Å². The van der Waals surface area contributed by atoms with Crippen LogP contribution in [0.1, 0.15) is 0 Å². The molecule has 3 aromatic carbocycles. The average Bonchev–Trinajstić information content (AvgIpc) is 3.04. The normalized spacial score (nSPS) is 11.0. The van der Waals surface area contributed by atoms with Gasteiger partial charge in [0.1, 0.15) is 0 Å². The molecule has 2 N–H and O–H groups in total. The third-order valence-electron chi connectivity index (χ3n) is 4.61. The van der Waals surface area contributed by atoms with Crippen LogP contribution in [0.3, 0.4) is 0 Å². The summed E-state index contributed by atoms with van der Waals surface area (Å²) in [6.07, 6.45) is 1.95. The van der Waals surface area contributed by atoms with Crippen LogP contribution in [-0.2, 0) is 11.3 Å². The monoisotopic (exact) mass is 359 g/mol. The second-order valence-electron chi connectivity index (χ2n) is 6.35. The van der Waals surface area contributed by atoms with E-state index in [-0.39, 0.29) is 6.03 Å². The third kappa shape index (κ3) is 3.50. The van der Waals surface area contributed by atoms with Crippen molar-refractivity contribution in [3.05, 3.63) is 72.9 Å². The summed E-state index contributed by atoms with van der Waals surface area (Å²) in [6.45, 7) is 1.34. The smallest absolute Gasteiger partial charge is 0.323 e. The van der Waals surface area contributed by atoms with E-state index in [1.807, 2.05) is 72.9 Å². The minimum atomic E-state index is -0.263. The number of ether oxygens (including phenoxy) is 1. The van der Waals surface area contributed by atoms with Crippen molar-refractivity contribution in [2.24, 2.45) is 0 Å². The van der Waals surface area contributed by atoms with Crippen LogP contribution in [-0.4, -0.2) is 24.3 Å². The number of urea groups is 1. The lowest BCUT2D eigenvalue weighted by Crippen LogP contribution is -2.19. The number of hydrogen-bond donors (Lipinski definition) is 2. The van der Waals surface area contributed by atoms with Gasteiger partial charge in [-0.2, -0.15) is 0 Å². The Labute approximate surface area is 157 Å². The van der Waals surface area contributed by atoms with Gasteiger partial charge in [0.15, 0.2) is 0 Å². The number of nitrogens with one attached hydrogen (secondary N) is 2. The van der Waals surface area contributed by atoms with Crippen molar-refractivity contribution in [3.63, 3.8) is 0 Å². The second-order valence-corrected chi connectivity index (χ2v) is 6.35. The van der Waals surface area contributed by atoms with Gasteiger partial charge in [0.25, 0.3) is 0 Å². The van der Waals surface area contributed by atoms with Crippen molar-refractivity contribution in [1.29, 1.82) is 0 Å². The first-order valence-electron chi connectivity index (χ1n) is 8.89. The lowest BCUT2D eigenvalue weighted by molar-refractivity contribution is 0.188. The second kappa shape index (κ2) is 7.51. The fourth-order valence-corrected chi connectivity index (χ4v) is 3.33. The van der Waals surface area contributed by atoms with Crippen LogP contribution in [0.2, 0.25) is 0 Å². The molecule has 0 aliphatic rings. The van der Waals surface area contributed by atoms with Crippen molar-refractivity contribution >= 4 is 39.1 Å². The summed E-state index contributed by atoms with van der Waals surface area (Å²) in [5.41, 5.74) is 2.63. The third-order valence-corrected chi connectivity index (χ3v) is 4.61. The number of benzene rings is 3. The van der Waals surface area contributed by atoms with Gasteiger partial charge in [0.2, 0.25) is 0 Å². The molecule has 0 fully saturated rings. The Morgan fingerprint density at radius 3 is 2.44 bits per heavy atom. The molecule has 1 heterocycles. The van der Waals surface area contributed by atoms with Gasteiger partial charge in [-0.05, 0) is 17.5 Å². The Kier molecular flexibility index (Phi) is 4.77. The molecule has 0 bridgehead atoms. The molecule has 0 atom stereocenters. The van der Waals surface area contributed by atoms with Crippen molar-refractivity contribution in [3.8, 4) is 0 Å². The van der Waals surface area contributed by atoms with Gasteiger partial charge in [-0.15, -0.1) is 0 Å². The van der Waals surface area contributed by atoms with E-state index in [1.54, 1.807) is 7.11 Å². The van der Waals surface area contributed by atoms with Crippen LogP contribution >= 0.6 is 0 Å². The number of amides is 2.